The van der Waals surface area contributed by atoms with Gasteiger partial charge < -0.3 is 15.2 Å². The Balaban J connectivity index is 1.73. The molecule has 1 fully saturated rings. The van der Waals surface area contributed by atoms with Crippen molar-refractivity contribution in [2.75, 3.05) is 23.7 Å². The van der Waals surface area contributed by atoms with Gasteiger partial charge >= 0.3 is 0 Å². The van der Waals surface area contributed by atoms with Crippen LogP contribution in [0.15, 0.2) is 22.7 Å². The highest BCUT2D eigenvalue weighted by Gasteiger charge is 2.29. The smallest absolute Gasteiger partial charge is 0.231 e. The molecule has 1 unspecified atom stereocenters. The fourth-order valence-electron chi connectivity index (χ4n) is 2.43. The van der Waals surface area contributed by atoms with Crippen molar-refractivity contribution >= 4 is 11.6 Å². The second-order valence-corrected chi connectivity index (χ2v) is 5.50. The van der Waals surface area contributed by atoms with E-state index < -0.39 is 0 Å². The van der Waals surface area contributed by atoms with Gasteiger partial charge in [0, 0.05) is 19.0 Å². The first kappa shape index (κ1) is 12.9. The van der Waals surface area contributed by atoms with Crippen LogP contribution in [0, 0.1) is 0 Å². The van der Waals surface area contributed by atoms with Crippen LogP contribution < -0.4 is 10.6 Å². The zero-order valence-electron chi connectivity index (χ0n) is 11.8. The van der Waals surface area contributed by atoms with Gasteiger partial charge in [0.05, 0.1) is 5.92 Å². The summed E-state index contributed by atoms with van der Waals surface area (Å²) in [4.78, 5) is 11.1. The standard InChI is InChI=1S/C14H19N5O/c1-9(2)13-17-14(20-18-13)10-6-7-19(8-10)12-5-3-4-11(15)16-12/h3-5,9-10H,6-8H2,1-2H3,(H2,15,16). The first-order valence-corrected chi connectivity index (χ1v) is 6.94. The second kappa shape index (κ2) is 5.11. The third kappa shape index (κ3) is 2.45. The van der Waals surface area contributed by atoms with Crippen molar-refractivity contribution in [2.24, 2.45) is 0 Å². The molecular weight excluding hydrogens is 254 g/mol. The molecule has 0 radical (unpaired) electrons. The third-order valence-corrected chi connectivity index (χ3v) is 3.59. The topological polar surface area (TPSA) is 81.1 Å². The highest BCUT2D eigenvalue weighted by molar-refractivity contribution is 5.46. The van der Waals surface area contributed by atoms with Crippen LogP contribution in [0.5, 0.6) is 0 Å². The van der Waals surface area contributed by atoms with Gasteiger partial charge in [0.25, 0.3) is 0 Å². The monoisotopic (exact) mass is 273 g/mol. The molecule has 0 aromatic carbocycles. The molecule has 1 saturated heterocycles. The summed E-state index contributed by atoms with van der Waals surface area (Å²) in [7, 11) is 0. The van der Waals surface area contributed by atoms with Crippen molar-refractivity contribution < 1.29 is 4.52 Å². The molecule has 1 aliphatic rings. The number of nitrogens with two attached hydrogens (primary N) is 1. The van der Waals surface area contributed by atoms with Crippen LogP contribution in [-0.2, 0) is 0 Å². The van der Waals surface area contributed by atoms with Gasteiger partial charge in [-0.2, -0.15) is 4.98 Å². The number of nitrogen functional groups attached to an aromatic ring is 1. The molecule has 20 heavy (non-hydrogen) atoms. The second-order valence-electron chi connectivity index (χ2n) is 5.50. The molecule has 6 nitrogen and oxygen atoms in total. The van der Waals surface area contributed by atoms with Gasteiger partial charge in [-0.3, -0.25) is 0 Å². The zero-order chi connectivity index (χ0) is 14.1. The van der Waals surface area contributed by atoms with Crippen LogP contribution in [-0.4, -0.2) is 28.2 Å². The first-order valence-electron chi connectivity index (χ1n) is 6.94. The van der Waals surface area contributed by atoms with E-state index in [1.54, 1.807) is 6.07 Å². The lowest BCUT2D eigenvalue weighted by Crippen LogP contribution is -2.20. The molecule has 0 aliphatic carbocycles. The van der Waals surface area contributed by atoms with E-state index in [1.807, 2.05) is 12.1 Å². The van der Waals surface area contributed by atoms with Crippen LogP contribution in [0.3, 0.4) is 0 Å². The minimum atomic E-state index is 0.276. The highest BCUT2D eigenvalue weighted by Crippen LogP contribution is 2.29. The zero-order valence-corrected chi connectivity index (χ0v) is 11.8. The van der Waals surface area contributed by atoms with Crippen molar-refractivity contribution in [1.82, 2.24) is 15.1 Å². The largest absolute Gasteiger partial charge is 0.384 e. The van der Waals surface area contributed by atoms with Gasteiger partial charge in [-0.1, -0.05) is 25.1 Å². The molecule has 0 amide bonds. The molecule has 3 heterocycles. The van der Waals surface area contributed by atoms with Crippen LogP contribution in [0.25, 0.3) is 0 Å². The molecule has 0 saturated carbocycles. The lowest BCUT2D eigenvalue weighted by molar-refractivity contribution is 0.354. The van der Waals surface area contributed by atoms with Crippen molar-refractivity contribution in [3.63, 3.8) is 0 Å². The Bertz CT molecular complexity index is 595. The highest BCUT2D eigenvalue weighted by atomic mass is 16.5. The molecule has 2 aromatic heterocycles. The number of rotatable bonds is 3. The van der Waals surface area contributed by atoms with E-state index in [1.165, 1.54) is 0 Å². The Morgan fingerprint density at radius 2 is 2.20 bits per heavy atom. The molecule has 2 aromatic rings. The maximum atomic E-state index is 5.73. The molecular formula is C14H19N5O. The Labute approximate surface area is 118 Å². The summed E-state index contributed by atoms with van der Waals surface area (Å²) < 4.78 is 5.38. The number of hydrogen-bond donors (Lipinski definition) is 1. The fraction of sp³-hybridized carbons (Fsp3) is 0.500. The number of pyridine rings is 1. The summed E-state index contributed by atoms with van der Waals surface area (Å²) in [5.74, 6) is 3.54. The predicted molar refractivity (Wildman–Crippen MR) is 76.6 cm³/mol. The van der Waals surface area contributed by atoms with E-state index in [4.69, 9.17) is 10.3 Å². The Kier molecular flexibility index (Phi) is 3.30. The lowest BCUT2D eigenvalue weighted by Gasteiger charge is -2.16. The minimum Gasteiger partial charge on any atom is -0.384 e. The molecule has 0 bridgehead atoms. The molecule has 0 spiro atoms. The SMILES string of the molecule is CC(C)c1noc(C2CCN(c3cccc(N)n3)C2)n1. The third-order valence-electron chi connectivity index (χ3n) is 3.59. The number of aromatic nitrogens is 3. The van der Waals surface area contributed by atoms with Crippen molar-refractivity contribution in [3.8, 4) is 0 Å². The van der Waals surface area contributed by atoms with Crippen LogP contribution in [0.2, 0.25) is 0 Å². The van der Waals surface area contributed by atoms with E-state index in [9.17, 15) is 0 Å². The fourth-order valence-corrected chi connectivity index (χ4v) is 2.43. The number of nitrogens with zero attached hydrogens (tertiary/aromatic N) is 4. The molecule has 106 valence electrons. The van der Waals surface area contributed by atoms with E-state index in [0.717, 1.165) is 37.0 Å². The van der Waals surface area contributed by atoms with Gasteiger partial charge in [-0.25, -0.2) is 4.98 Å². The molecule has 1 atom stereocenters. The van der Waals surface area contributed by atoms with E-state index in [2.05, 4.69) is 33.9 Å². The summed E-state index contributed by atoms with van der Waals surface area (Å²) in [6.07, 6.45) is 0.996. The Morgan fingerprint density at radius 1 is 1.35 bits per heavy atom. The van der Waals surface area contributed by atoms with Gasteiger partial charge in [0.15, 0.2) is 5.82 Å². The predicted octanol–water partition coefficient (Wildman–Crippen LogP) is 2.16. The summed E-state index contributed by atoms with van der Waals surface area (Å²) in [6, 6.07) is 5.70. The van der Waals surface area contributed by atoms with Crippen molar-refractivity contribution in [3.05, 3.63) is 29.9 Å². The van der Waals surface area contributed by atoms with Crippen molar-refractivity contribution in [2.45, 2.75) is 32.1 Å². The number of hydrogen-bond acceptors (Lipinski definition) is 6. The molecule has 1 aliphatic heterocycles. The summed E-state index contributed by atoms with van der Waals surface area (Å²) >= 11 is 0. The van der Waals surface area contributed by atoms with Gasteiger partial charge in [0.2, 0.25) is 5.89 Å². The van der Waals surface area contributed by atoms with Crippen LogP contribution in [0.4, 0.5) is 11.6 Å². The van der Waals surface area contributed by atoms with Gasteiger partial charge in [-0.05, 0) is 18.6 Å². The minimum absolute atomic E-state index is 0.276. The summed E-state index contributed by atoms with van der Waals surface area (Å²) in [5.41, 5.74) is 5.73. The van der Waals surface area contributed by atoms with Gasteiger partial charge in [-0.15, -0.1) is 0 Å². The first-order chi connectivity index (χ1) is 9.63. The average Bonchev–Trinajstić information content (AvgIpc) is 3.08. The summed E-state index contributed by atoms with van der Waals surface area (Å²) in [5, 5.41) is 4.03. The Hall–Kier alpha value is -2.11. The quantitative estimate of drug-likeness (QED) is 0.923. The van der Waals surface area contributed by atoms with E-state index >= 15 is 0 Å². The van der Waals surface area contributed by atoms with Crippen molar-refractivity contribution in [1.29, 1.82) is 0 Å². The van der Waals surface area contributed by atoms with Gasteiger partial charge in [0.1, 0.15) is 11.6 Å². The maximum Gasteiger partial charge on any atom is 0.231 e. The molecule has 6 heteroatoms. The lowest BCUT2D eigenvalue weighted by atomic mass is 10.1. The normalized spacial score (nSPS) is 18.9. The van der Waals surface area contributed by atoms with E-state index in [-0.39, 0.29) is 5.92 Å². The molecule has 2 N–H and O–H groups in total. The number of anilines is 2. The summed E-state index contributed by atoms with van der Waals surface area (Å²) in [6.45, 7) is 5.90. The maximum absolute atomic E-state index is 5.73. The van der Waals surface area contributed by atoms with Crippen LogP contribution >= 0.6 is 0 Å². The van der Waals surface area contributed by atoms with E-state index in [0.29, 0.717) is 11.7 Å². The molecule has 3 rings (SSSR count). The Morgan fingerprint density at radius 3 is 2.90 bits per heavy atom. The average molecular weight is 273 g/mol. The van der Waals surface area contributed by atoms with Crippen LogP contribution in [0.1, 0.15) is 43.8 Å².